The molecule has 3 atom stereocenters. The minimum atomic E-state index is -0.428. The first-order valence-electron chi connectivity index (χ1n) is 6.28. The first-order chi connectivity index (χ1) is 8.41. The number of nitrogens with two attached hydrogens (primary N) is 1. The van der Waals surface area contributed by atoms with Crippen molar-refractivity contribution < 1.29 is 14.7 Å². The molecule has 6 heteroatoms. The zero-order valence-electron chi connectivity index (χ0n) is 11.0. The Morgan fingerprint density at radius 2 is 2.17 bits per heavy atom. The quantitative estimate of drug-likeness (QED) is 0.751. The Bertz CT molecular complexity index is 310. The zero-order valence-corrected chi connectivity index (χ0v) is 11.8. The molecule has 1 aliphatic heterocycles. The van der Waals surface area contributed by atoms with E-state index in [2.05, 4.69) is 0 Å². The van der Waals surface area contributed by atoms with Crippen molar-refractivity contribution in [2.75, 3.05) is 18.8 Å². The second-order valence-electron chi connectivity index (χ2n) is 4.84. The monoisotopic (exact) mass is 274 g/mol. The summed E-state index contributed by atoms with van der Waals surface area (Å²) in [6.07, 6.45) is 1.18. The maximum absolute atomic E-state index is 12.0. The van der Waals surface area contributed by atoms with Gasteiger partial charge in [0.25, 0.3) is 0 Å². The van der Waals surface area contributed by atoms with E-state index in [1.54, 1.807) is 11.8 Å². The van der Waals surface area contributed by atoms with Crippen LogP contribution in [-0.2, 0) is 9.59 Å². The van der Waals surface area contributed by atoms with Crippen LogP contribution < -0.4 is 5.73 Å². The Morgan fingerprint density at radius 3 is 2.72 bits per heavy atom. The van der Waals surface area contributed by atoms with E-state index in [-0.39, 0.29) is 23.0 Å². The minimum absolute atomic E-state index is 0.0263. The van der Waals surface area contributed by atoms with Gasteiger partial charge in [-0.3, -0.25) is 9.59 Å². The van der Waals surface area contributed by atoms with Crippen molar-refractivity contribution in [2.24, 2.45) is 11.7 Å². The Kier molecular flexibility index (Phi) is 5.95. The van der Waals surface area contributed by atoms with Gasteiger partial charge in [0.2, 0.25) is 11.8 Å². The third-order valence-electron chi connectivity index (χ3n) is 3.33. The lowest BCUT2D eigenvalue weighted by Crippen LogP contribution is -2.45. The predicted molar refractivity (Wildman–Crippen MR) is 72.1 cm³/mol. The first-order valence-corrected chi connectivity index (χ1v) is 7.33. The first kappa shape index (κ1) is 15.3. The van der Waals surface area contributed by atoms with Crippen LogP contribution in [0.15, 0.2) is 0 Å². The van der Waals surface area contributed by atoms with Crippen LogP contribution in [0, 0.1) is 5.92 Å². The van der Waals surface area contributed by atoms with Crippen molar-refractivity contribution in [1.82, 2.24) is 4.90 Å². The third kappa shape index (κ3) is 4.49. The summed E-state index contributed by atoms with van der Waals surface area (Å²) in [6, 6.07) is 0. The van der Waals surface area contributed by atoms with Gasteiger partial charge in [-0.15, -0.1) is 11.8 Å². The average molecular weight is 274 g/mol. The van der Waals surface area contributed by atoms with Crippen molar-refractivity contribution in [3.63, 3.8) is 0 Å². The van der Waals surface area contributed by atoms with E-state index < -0.39 is 6.10 Å². The van der Waals surface area contributed by atoms with E-state index in [1.165, 1.54) is 11.8 Å². The number of aliphatic hydroxyl groups is 1. The summed E-state index contributed by atoms with van der Waals surface area (Å²) < 4.78 is 0. The van der Waals surface area contributed by atoms with Gasteiger partial charge in [0.1, 0.15) is 0 Å². The van der Waals surface area contributed by atoms with Crippen LogP contribution >= 0.6 is 11.8 Å². The number of nitrogens with zero attached hydrogens (tertiary/aromatic N) is 1. The number of thioether (sulfide) groups is 1. The smallest absolute Gasteiger partial charge is 0.232 e. The highest BCUT2D eigenvalue weighted by Gasteiger charge is 2.27. The van der Waals surface area contributed by atoms with Gasteiger partial charge in [-0.2, -0.15) is 0 Å². The molecule has 5 nitrogen and oxygen atoms in total. The topological polar surface area (TPSA) is 83.6 Å². The van der Waals surface area contributed by atoms with Crippen molar-refractivity contribution in [1.29, 1.82) is 0 Å². The maximum atomic E-state index is 12.0. The molecule has 1 aliphatic rings. The van der Waals surface area contributed by atoms with Crippen LogP contribution in [0.4, 0.5) is 0 Å². The van der Waals surface area contributed by atoms with E-state index in [1.807, 2.05) is 6.92 Å². The molecule has 1 heterocycles. The SMILES string of the molecule is CC(O)C(C)SCC(=O)N1CCCC(C(N)=O)C1. The number of hydrogen-bond donors (Lipinski definition) is 2. The highest BCUT2D eigenvalue weighted by molar-refractivity contribution is 8.00. The van der Waals surface area contributed by atoms with Crippen molar-refractivity contribution in [3.05, 3.63) is 0 Å². The fourth-order valence-electron chi connectivity index (χ4n) is 1.87. The standard InChI is InChI=1S/C12H22N2O3S/c1-8(15)9(2)18-7-11(16)14-5-3-4-10(6-14)12(13)17/h8-10,15H,3-7H2,1-2H3,(H2,13,17). The molecule has 104 valence electrons. The summed E-state index contributed by atoms with van der Waals surface area (Å²) in [5.74, 6) is -0.157. The van der Waals surface area contributed by atoms with Crippen LogP contribution in [0.2, 0.25) is 0 Å². The van der Waals surface area contributed by atoms with Crippen LogP contribution in [0.3, 0.4) is 0 Å². The number of carbonyl (C=O) groups is 2. The molecule has 18 heavy (non-hydrogen) atoms. The predicted octanol–water partition coefficient (Wildman–Crippen LogP) is 0.213. The highest BCUT2D eigenvalue weighted by atomic mass is 32.2. The van der Waals surface area contributed by atoms with Crippen LogP contribution in [0.5, 0.6) is 0 Å². The van der Waals surface area contributed by atoms with E-state index in [0.29, 0.717) is 18.8 Å². The summed E-state index contributed by atoms with van der Waals surface area (Å²) in [7, 11) is 0. The number of rotatable bonds is 5. The van der Waals surface area contributed by atoms with Crippen LogP contribution in [0.1, 0.15) is 26.7 Å². The molecule has 1 saturated heterocycles. The molecule has 0 radical (unpaired) electrons. The summed E-state index contributed by atoms with van der Waals surface area (Å²) in [5, 5.41) is 9.39. The molecule has 2 amide bonds. The van der Waals surface area contributed by atoms with Gasteiger partial charge in [-0.25, -0.2) is 0 Å². The van der Waals surface area contributed by atoms with Crippen molar-refractivity contribution >= 4 is 23.6 Å². The lowest BCUT2D eigenvalue weighted by atomic mass is 9.97. The van der Waals surface area contributed by atoms with E-state index in [0.717, 1.165) is 12.8 Å². The Morgan fingerprint density at radius 1 is 1.50 bits per heavy atom. The van der Waals surface area contributed by atoms with Gasteiger partial charge < -0.3 is 15.7 Å². The van der Waals surface area contributed by atoms with Gasteiger partial charge in [0, 0.05) is 18.3 Å². The van der Waals surface area contributed by atoms with Crippen molar-refractivity contribution in [2.45, 2.75) is 38.0 Å². The molecule has 1 rings (SSSR count). The Hall–Kier alpha value is -0.750. The Labute approximate surface area is 112 Å². The van der Waals surface area contributed by atoms with Crippen LogP contribution in [-0.4, -0.2) is 52.0 Å². The summed E-state index contributed by atoms with van der Waals surface area (Å²) >= 11 is 1.44. The normalized spacial score (nSPS) is 23.5. The molecule has 0 bridgehead atoms. The second-order valence-corrected chi connectivity index (χ2v) is 6.20. The van der Waals surface area contributed by atoms with Gasteiger partial charge in [0.15, 0.2) is 0 Å². The molecular formula is C12H22N2O3S. The fraction of sp³-hybridized carbons (Fsp3) is 0.833. The number of amides is 2. The highest BCUT2D eigenvalue weighted by Crippen LogP contribution is 2.19. The average Bonchev–Trinajstić information content (AvgIpc) is 2.35. The number of aliphatic hydroxyl groups excluding tert-OH is 1. The number of primary amides is 1. The van der Waals surface area contributed by atoms with Gasteiger partial charge in [0.05, 0.1) is 17.8 Å². The Balaban J connectivity index is 2.39. The molecule has 3 unspecified atom stereocenters. The summed E-state index contributed by atoms with van der Waals surface area (Å²) in [4.78, 5) is 24.8. The molecule has 0 spiro atoms. The van der Waals surface area contributed by atoms with Crippen LogP contribution in [0.25, 0.3) is 0 Å². The number of carbonyl (C=O) groups excluding carboxylic acids is 2. The molecule has 1 fully saturated rings. The third-order valence-corrected chi connectivity index (χ3v) is 4.66. The van der Waals surface area contributed by atoms with E-state index in [4.69, 9.17) is 5.73 Å². The minimum Gasteiger partial charge on any atom is -0.392 e. The summed E-state index contributed by atoms with van der Waals surface area (Å²) in [6.45, 7) is 4.75. The second kappa shape index (κ2) is 6.99. The fourth-order valence-corrected chi connectivity index (χ4v) is 2.74. The van der Waals surface area contributed by atoms with Gasteiger partial charge in [-0.05, 0) is 19.8 Å². The number of likely N-dealkylation sites (tertiary alicyclic amines) is 1. The number of hydrogen-bond acceptors (Lipinski definition) is 4. The molecule has 0 aromatic rings. The molecule has 0 aliphatic carbocycles. The molecule has 0 saturated carbocycles. The largest absolute Gasteiger partial charge is 0.392 e. The van der Waals surface area contributed by atoms with Gasteiger partial charge >= 0.3 is 0 Å². The summed E-state index contributed by atoms with van der Waals surface area (Å²) in [5.41, 5.74) is 5.28. The lowest BCUT2D eigenvalue weighted by Gasteiger charge is -2.31. The maximum Gasteiger partial charge on any atom is 0.232 e. The van der Waals surface area contributed by atoms with E-state index >= 15 is 0 Å². The molecular weight excluding hydrogens is 252 g/mol. The molecule has 3 N–H and O–H groups in total. The number of piperidine rings is 1. The van der Waals surface area contributed by atoms with Crippen molar-refractivity contribution in [3.8, 4) is 0 Å². The molecule has 0 aromatic carbocycles. The van der Waals surface area contributed by atoms with E-state index in [9.17, 15) is 14.7 Å². The lowest BCUT2D eigenvalue weighted by molar-refractivity contribution is -0.132. The van der Waals surface area contributed by atoms with Gasteiger partial charge in [-0.1, -0.05) is 6.92 Å². The zero-order chi connectivity index (χ0) is 13.7. The molecule has 0 aromatic heterocycles.